The van der Waals surface area contributed by atoms with E-state index in [0.29, 0.717) is 0 Å². The summed E-state index contributed by atoms with van der Waals surface area (Å²) in [5.74, 6) is 1.03. The molecule has 0 spiro atoms. The van der Waals surface area contributed by atoms with Crippen molar-refractivity contribution in [2.75, 3.05) is 0 Å². The number of hydrogen-bond donors (Lipinski definition) is 0. The lowest BCUT2D eigenvalue weighted by atomic mass is 10.1. The molecule has 3 atom stereocenters. The molecule has 7 heavy (non-hydrogen) atoms. The standard InChI is InChI=1S/C6H9I/c1-4-5(2)3-6(4,5)7/h4H,3H2,1-2H3. The molecule has 0 N–H and O–H groups in total. The molecule has 2 fully saturated rings. The Labute approximate surface area is 57.8 Å². The van der Waals surface area contributed by atoms with Crippen LogP contribution in [0.3, 0.4) is 0 Å². The fourth-order valence-corrected chi connectivity index (χ4v) is 3.41. The van der Waals surface area contributed by atoms with Crippen LogP contribution in [0.1, 0.15) is 20.3 Å². The normalized spacial score (nSPS) is 75.0. The van der Waals surface area contributed by atoms with Gasteiger partial charge in [-0.15, -0.1) is 0 Å². The van der Waals surface area contributed by atoms with Crippen molar-refractivity contribution in [2.45, 2.75) is 23.7 Å². The lowest BCUT2D eigenvalue weighted by Crippen LogP contribution is -1.91. The van der Waals surface area contributed by atoms with Crippen molar-refractivity contribution in [1.29, 1.82) is 0 Å². The van der Waals surface area contributed by atoms with Crippen molar-refractivity contribution >= 4 is 22.6 Å². The molecule has 2 aliphatic rings. The quantitative estimate of drug-likeness (QED) is 0.423. The Morgan fingerprint density at radius 1 is 1.71 bits per heavy atom. The summed E-state index contributed by atoms with van der Waals surface area (Å²) < 4.78 is 0.782. The van der Waals surface area contributed by atoms with Gasteiger partial charge in [0.25, 0.3) is 0 Å². The Morgan fingerprint density at radius 2 is 2.00 bits per heavy atom. The first-order valence-electron chi connectivity index (χ1n) is 2.80. The van der Waals surface area contributed by atoms with Crippen LogP contribution in [-0.4, -0.2) is 3.42 Å². The second kappa shape index (κ2) is 0.789. The number of halogens is 1. The van der Waals surface area contributed by atoms with Crippen molar-refractivity contribution in [1.82, 2.24) is 0 Å². The van der Waals surface area contributed by atoms with Crippen molar-refractivity contribution in [3.8, 4) is 0 Å². The predicted molar refractivity (Wildman–Crippen MR) is 38.6 cm³/mol. The van der Waals surface area contributed by atoms with Gasteiger partial charge in [-0.05, 0) is 17.8 Å². The maximum Gasteiger partial charge on any atom is 0.0316 e. The van der Waals surface area contributed by atoms with Crippen molar-refractivity contribution in [2.24, 2.45) is 11.3 Å². The first-order valence-corrected chi connectivity index (χ1v) is 3.88. The molecule has 0 heterocycles. The van der Waals surface area contributed by atoms with E-state index >= 15 is 0 Å². The highest BCUT2D eigenvalue weighted by Gasteiger charge is 2.84. The molecule has 0 radical (unpaired) electrons. The van der Waals surface area contributed by atoms with Gasteiger partial charge in [0.1, 0.15) is 0 Å². The van der Waals surface area contributed by atoms with Gasteiger partial charge in [-0.25, -0.2) is 0 Å². The van der Waals surface area contributed by atoms with E-state index in [1.165, 1.54) is 6.42 Å². The van der Waals surface area contributed by atoms with Gasteiger partial charge < -0.3 is 0 Å². The molecule has 0 aromatic heterocycles. The largest absolute Gasteiger partial charge is 0.0779 e. The molecule has 2 aliphatic carbocycles. The molecule has 0 aliphatic heterocycles. The van der Waals surface area contributed by atoms with Crippen LogP contribution in [0.15, 0.2) is 0 Å². The molecule has 0 bridgehead atoms. The smallest absolute Gasteiger partial charge is 0.0316 e. The van der Waals surface area contributed by atoms with Gasteiger partial charge in [0.2, 0.25) is 0 Å². The highest BCUT2D eigenvalue weighted by molar-refractivity contribution is 14.1. The van der Waals surface area contributed by atoms with Gasteiger partial charge in [0, 0.05) is 3.42 Å². The minimum Gasteiger partial charge on any atom is -0.0779 e. The molecule has 2 rings (SSSR count). The zero-order valence-corrected chi connectivity index (χ0v) is 6.82. The molecule has 2 saturated carbocycles. The van der Waals surface area contributed by atoms with E-state index < -0.39 is 0 Å². The Hall–Kier alpha value is 0.730. The van der Waals surface area contributed by atoms with Crippen LogP contribution in [0.4, 0.5) is 0 Å². The fourth-order valence-electron chi connectivity index (χ4n) is 1.62. The molecular weight excluding hydrogens is 199 g/mol. The van der Waals surface area contributed by atoms with Gasteiger partial charge in [-0.3, -0.25) is 0 Å². The monoisotopic (exact) mass is 208 g/mol. The molecular formula is C6H9I. The summed E-state index contributed by atoms with van der Waals surface area (Å²) in [6.45, 7) is 4.75. The summed E-state index contributed by atoms with van der Waals surface area (Å²) >= 11 is 2.61. The zero-order valence-electron chi connectivity index (χ0n) is 4.66. The molecule has 0 nitrogen and oxygen atoms in total. The Balaban J connectivity index is 2.29. The van der Waals surface area contributed by atoms with Crippen LogP contribution in [0.25, 0.3) is 0 Å². The second-order valence-corrected chi connectivity index (χ2v) is 5.10. The molecule has 1 heteroatoms. The topological polar surface area (TPSA) is 0 Å². The van der Waals surface area contributed by atoms with E-state index in [1.807, 2.05) is 0 Å². The lowest BCUT2D eigenvalue weighted by Gasteiger charge is -1.96. The molecule has 0 aromatic carbocycles. The molecule has 3 unspecified atom stereocenters. The number of alkyl halides is 1. The lowest BCUT2D eigenvalue weighted by molar-refractivity contribution is 0.572. The fraction of sp³-hybridized carbons (Fsp3) is 1.00. The third-order valence-corrected chi connectivity index (χ3v) is 5.56. The van der Waals surface area contributed by atoms with Gasteiger partial charge in [-0.1, -0.05) is 36.4 Å². The minimum atomic E-state index is 0.782. The van der Waals surface area contributed by atoms with Crippen LogP contribution < -0.4 is 0 Å². The van der Waals surface area contributed by atoms with Crippen LogP contribution >= 0.6 is 22.6 Å². The first kappa shape index (κ1) is 4.59. The maximum absolute atomic E-state index is 2.61. The average Bonchev–Trinajstić information content (AvgIpc) is 2.24. The Bertz CT molecular complexity index is 118. The number of rotatable bonds is 0. The molecule has 0 aromatic rings. The van der Waals surface area contributed by atoms with E-state index in [1.54, 1.807) is 0 Å². The van der Waals surface area contributed by atoms with E-state index in [2.05, 4.69) is 36.4 Å². The number of fused-ring (bicyclic) bond motifs is 1. The van der Waals surface area contributed by atoms with Gasteiger partial charge in [0.15, 0.2) is 0 Å². The maximum atomic E-state index is 2.61. The third kappa shape index (κ3) is 0.267. The third-order valence-electron chi connectivity index (χ3n) is 3.01. The summed E-state index contributed by atoms with van der Waals surface area (Å²) in [6.07, 6.45) is 1.49. The number of hydrogen-bond acceptors (Lipinski definition) is 0. The second-order valence-electron chi connectivity index (χ2n) is 3.18. The minimum absolute atomic E-state index is 0.782. The molecule has 0 saturated heterocycles. The van der Waals surface area contributed by atoms with Crippen LogP contribution in [0, 0.1) is 11.3 Å². The van der Waals surface area contributed by atoms with Gasteiger partial charge in [0.05, 0.1) is 0 Å². The van der Waals surface area contributed by atoms with Crippen molar-refractivity contribution in [3.63, 3.8) is 0 Å². The van der Waals surface area contributed by atoms with E-state index in [-0.39, 0.29) is 0 Å². The van der Waals surface area contributed by atoms with Crippen LogP contribution in [-0.2, 0) is 0 Å². The summed E-state index contributed by atoms with van der Waals surface area (Å²) in [7, 11) is 0. The highest BCUT2D eigenvalue weighted by atomic mass is 127. The predicted octanol–water partition coefficient (Wildman–Crippen LogP) is 2.22. The highest BCUT2D eigenvalue weighted by Crippen LogP contribution is 2.87. The summed E-state index contributed by atoms with van der Waals surface area (Å²) in [5.41, 5.74) is 0.799. The van der Waals surface area contributed by atoms with Gasteiger partial charge >= 0.3 is 0 Å². The molecule has 0 amide bonds. The first-order chi connectivity index (χ1) is 3.11. The van der Waals surface area contributed by atoms with Gasteiger partial charge in [-0.2, -0.15) is 0 Å². The van der Waals surface area contributed by atoms with E-state index in [9.17, 15) is 0 Å². The van der Waals surface area contributed by atoms with Crippen LogP contribution in [0.2, 0.25) is 0 Å². The average molecular weight is 208 g/mol. The molecule has 40 valence electrons. The zero-order chi connectivity index (χ0) is 5.28. The summed E-state index contributed by atoms with van der Waals surface area (Å²) in [4.78, 5) is 0. The summed E-state index contributed by atoms with van der Waals surface area (Å²) in [5, 5.41) is 0. The SMILES string of the molecule is CC1C2(C)CC12I. The van der Waals surface area contributed by atoms with Crippen molar-refractivity contribution in [3.05, 3.63) is 0 Å². The van der Waals surface area contributed by atoms with E-state index in [4.69, 9.17) is 0 Å². The Morgan fingerprint density at radius 3 is 2.00 bits per heavy atom. The van der Waals surface area contributed by atoms with Crippen molar-refractivity contribution < 1.29 is 0 Å². The Kier molecular flexibility index (Phi) is 0.518. The van der Waals surface area contributed by atoms with Crippen LogP contribution in [0.5, 0.6) is 0 Å². The van der Waals surface area contributed by atoms with E-state index in [0.717, 1.165) is 14.8 Å². The summed E-state index contributed by atoms with van der Waals surface area (Å²) in [6, 6.07) is 0.